The van der Waals surface area contributed by atoms with Gasteiger partial charge in [-0.15, -0.1) is 6.42 Å². The minimum absolute atomic E-state index is 0.119. The number of carbonyl (C=O) groups is 2. The first-order valence-corrected chi connectivity index (χ1v) is 7.16. The third-order valence-corrected chi connectivity index (χ3v) is 3.17. The number of likely N-dealkylation sites (N-methyl/N-ethyl adjacent to an activating group) is 1. The SMILES string of the molecule is C#CCNC(=O)CN(C)CC(=O)Nc1ccc(Br)cc1C. The standard InChI is InChI=1S/C15H18BrN3O2/c1-4-7-17-14(20)9-19(3)10-15(21)18-13-6-5-12(16)8-11(13)2/h1,5-6,8H,7,9-10H2,2-3H3,(H,17,20)(H,18,21). The van der Waals surface area contributed by atoms with Crippen molar-refractivity contribution < 1.29 is 9.59 Å². The van der Waals surface area contributed by atoms with Crippen molar-refractivity contribution in [2.24, 2.45) is 0 Å². The smallest absolute Gasteiger partial charge is 0.238 e. The first-order chi connectivity index (χ1) is 9.92. The zero-order chi connectivity index (χ0) is 15.8. The van der Waals surface area contributed by atoms with E-state index in [9.17, 15) is 9.59 Å². The molecular weight excluding hydrogens is 334 g/mol. The Hall–Kier alpha value is -1.84. The molecule has 0 saturated heterocycles. The molecular formula is C15H18BrN3O2. The van der Waals surface area contributed by atoms with Gasteiger partial charge in [0, 0.05) is 10.2 Å². The largest absolute Gasteiger partial charge is 0.344 e. The molecule has 0 aromatic heterocycles. The van der Waals surface area contributed by atoms with Gasteiger partial charge in [0.1, 0.15) is 0 Å². The monoisotopic (exact) mass is 351 g/mol. The molecule has 6 heteroatoms. The summed E-state index contributed by atoms with van der Waals surface area (Å²) >= 11 is 3.37. The van der Waals surface area contributed by atoms with Crippen LogP contribution in [-0.2, 0) is 9.59 Å². The van der Waals surface area contributed by atoms with E-state index >= 15 is 0 Å². The van der Waals surface area contributed by atoms with E-state index in [1.807, 2.05) is 25.1 Å². The minimum atomic E-state index is -0.205. The number of nitrogens with one attached hydrogen (secondary N) is 2. The van der Waals surface area contributed by atoms with E-state index in [-0.39, 0.29) is 31.4 Å². The maximum Gasteiger partial charge on any atom is 0.238 e. The average molecular weight is 352 g/mol. The van der Waals surface area contributed by atoms with E-state index in [4.69, 9.17) is 6.42 Å². The van der Waals surface area contributed by atoms with Crippen molar-refractivity contribution in [3.8, 4) is 12.3 Å². The summed E-state index contributed by atoms with van der Waals surface area (Å²) in [6.45, 7) is 2.35. The Morgan fingerprint density at radius 2 is 2.00 bits per heavy atom. The number of amides is 2. The number of anilines is 1. The lowest BCUT2D eigenvalue weighted by Crippen LogP contribution is -2.39. The molecule has 0 radical (unpaired) electrons. The summed E-state index contributed by atoms with van der Waals surface area (Å²) < 4.78 is 0.959. The molecule has 2 N–H and O–H groups in total. The summed E-state index contributed by atoms with van der Waals surface area (Å²) in [7, 11) is 1.70. The van der Waals surface area contributed by atoms with Crippen LogP contribution >= 0.6 is 15.9 Å². The van der Waals surface area contributed by atoms with Gasteiger partial charge in [0.25, 0.3) is 0 Å². The van der Waals surface area contributed by atoms with Crippen LogP contribution < -0.4 is 10.6 Å². The van der Waals surface area contributed by atoms with Crippen molar-refractivity contribution in [2.45, 2.75) is 6.92 Å². The van der Waals surface area contributed by atoms with Crippen LogP contribution in [0.3, 0.4) is 0 Å². The molecule has 0 fully saturated rings. The van der Waals surface area contributed by atoms with Crippen LogP contribution in [0.4, 0.5) is 5.69 Å². The molecule has 0 heterocycles. The number of rotatable bonds is 6. The first-order valence-electron chi connectivity index (χ1n) is 6.37. The average Bonchev–Trinajstić information content (AvgIpc) is 2.39. The molecule has 0 spiro atoms. The van der Waals surface area contributed by atoms with Gasteiger partial charge in [0.2, 0.25) is 11.8 Å². The highest BCUT2D eigenvalue weighted by Gasteiger charge is 2.11. The number of nitrogens with zero attached hydrogens (tertiary/aromatic N) is 1. The van der Waals surface area contributed by atoms with Gasteiger partial charge in [0.15, 0.2) is 0 Å². The van der Waals surface area contributed by atoms with Gasteiger partial charge in [-0.2, -0.15) is 0 Å². The molecule has 1 aromatic rings. The molecule has 0 aliphatic heterocycles. The van der Waals surface area contributed by atoms with Crippen molar-refractivity contribution in [1.29, 1.82) is 0 Å². The van der Waals surface area contributed by atoms with Crippen LogP contribution in [0.15, 0.2) is 22.7 Å². The zero-order valence-corrected chi connectivity index (χ0v) is 13.7. The van der Waals surface area contributed by atoms with Crippen molar-refractivity contribution in [2.75, 3.05) is 32.0 Å². The van der Waals surface area contributed by atoms with Crippen LogP contribution in [0.2, 0.25) is 0 Å². The van der Waals surface area contributed by atoms with Crippen molar-refractivity contribution in [3.05, 3.63) is 28.2 Å². The molecule has 2 amide bonds. The summed E-state index contributed by atoms with van der Waals surface area (Å²) in [6.07, 6.45) is 5.05. The highest BCUT2D eigenvalue weighted by molar-refractivity contribution is 9.10. The maximum atomic E-state index is 11.9. The molecule has 1 aromatic carbocycles. The molecule has 0 saturated carbocycles. The fourth-order valence-corrected chi connectivity index (χ4v) is 2.18. The van der Waals surface area contributed by atoms with E-state index in [2.05, 4.69) is 32.5 Å². The maximum absolute atomic E-state index is 11.9. The van der Waals surface area contributed by atoms with Crippen molar-refractivity contribution in [3.63, 3.8) is 0 Å². The Kier molecular flexibility index (Phi) is 6.92. The molecule has 0 aliphatic rings. The molecule has 0 unspecified atom stereocenters. The Morgan fingerprint density at radius 1 is 1.33 bits per heavy atom. The van der Waals surface area contributed by atoms with Gasteiger partial charge < -0.3 is 10.6 Å². The lowest BCUT2D eigenvalue weighted by atomic mass is 10.2. The predicted molar refractivity (Wildman–Crippen MR) is 86.8 cm³/mol. The summed E-state index contributed by atoms with van der Waals surface area (Å²) in [4.78, 5) is 25.0. The first kappa shape index (κ1) is 17.2. The second-order valence-electron chi connectivity index (χ2n) is 4.66. The summed E-state index contributed by atoms with van der Waals surface area (Å²) in [6, 6.07) is 5.61. The third kappa shape index (κ3) is 6.43. The Labute approximate surface area is 133 Å². The fraction of sp³-hybridized carbons (Fsp3) is 0.333. The number of halogens is 1. The number of hydrogen-bond donors (Lipinski definition) is 2. The van der Waals surface area contributed by atoms with Crippen LogP contribution in [0.1, 0.15) is 5.56 Å². The zero-order valence-electron chi connectivity index (χ0n) is 12.1. The normalized spacial score (nSPS) is 10.0. The second kappa shape index (κ2) is 8.45. The van der Waals surface area contributed by atoms with E-state index in [1.54, 1.807) is 11.9 Å². The molecule has 0 bridgehead atoms. The number of benzene rings is 1. The summed E-state index contributed by atoms with van der Waals surface area (Å²) in [5, 5.41) is 5.37. The number of terminal acetylenes is 1. The third-order valence-electron chi connectivity index (χ3n) is 2.68. The molecule has 0 aliphatic carbocycles. The predicted octanol–water partition coefficient (Wildman–Crippen LogP) is 1.38. The topological polar surface area (TPSA) is 61.4 Å². The highest BCUT2D eigenvalue weighted by Crippen LogP contribution is 2.19. The Bertz CT molecular complexity index is 567. The molecule has 5 nitrogen and oxygen atoms in total. The van der Waals surface area contributed by atoms with Gasteiger partial charge in [0.05, 0.1) is 19.6 Å². The van der Waals surface area contributed by atoms with E-state index in [0.717, 1.165) is 15.7 Å². The van der Waals surface area contributed by atoms with Gasteiger partial charge in [-0.25, -0.2) is 0 Å². The molecule has 0 atom stereocenters. The Morgan fingerprint density at radius 3 is 2.62 bits per heavy atom. The summed E-state index contributed by atoms with van der Waals surface area (Å²) in [5.74, 6) is 1.94. The number of aryl methyl sites for hydroxylation is 1. The Balaban J connectivity index is 2.46. The van der Waals surface area contributed by atoms with Gasteiger partial charge in [-0.05, 0) is 37.7 Å². The number of hydrogen-bond acceptors (Lipinski definition) is 3. The van der Waals surface area contributed by atoms with Gasteiger partial charge >= 0.3 is 0 Å². The highest BCUT2D eigenvalue weighted by atomic mass is 79.9. The quantitative estimate of drug-likeness (QED) is 0.761. The molecule has 1 rings (SSSR count). The molecule has 112 valence electrons. The van der Waals surface area contributed by atoms with Crippen LogP contribution in [0, 0.1) is 19.3 Å². The minimum Gasteiger partial charge on any atom is -0.344 e. The fourth-order valence-electron chi connectivity index (χ4n) is 1.71. The summed E-state index contributed by atoms with van der Waals surface area (Å²) in [5.41, 5.74) is 1.72. The van der Waals surface area contributed by atoms with E-state index in [1.165, 1.54) is 0 Å². The second-order valence-corrected chi connectivity index (χ2v) is 5.58. The van der Waals surface area contributed by atoms with Crippen LogP contribution in [0.5, 0.6) is 0 Å². The van der Waals surface area contributed by atoms with Crippen molar-refractivity contribution >= 4 is 33.4 Å². The number of carbonyl (C=O) groups excluding carboxylic acids is 2. The van der Waals surface area contributed by atoms with E-state index in [0.29, 0.717) is 0 Å². The van der Waals surface area contributed by atoms with Crippen LogP contribution in [0.25, 0.3) is 0 Å². The lowest BCUT2D eigenvalue weighted by Gasteiger charge is -2.16. The van der Waals surface area contributed by atoms with Crippen molar-refractivity contribution in [1.82, 2.24) is 10.2 Å². The molecule has 21 heavy (non-hydrogen) atoms. The lowest BCUT2D eigenvalue weighted by molar-refractivity contribution is -0.122. The van der Waals surface area contributed by atoms with E-state index < -0.39 is 0 Å². The van der Waals surface area contributed by atoms with Gasteiger partial charge in [-0.3, -0.25) is 14.5 Å². The van der Waals surface area contributed by atoms with Gasteiger partial charge in [-0.1, -0.05) is 21.9 Å². The van der Waals surface area contributed by atoms with Crippen LogP contribution in [-0.4, -0.2) is 43.4 Å².